The SMILES string of the molecule is CC(C)c1ncc(C#N)cc1Cl. The zero-order chi connectivity index (χ0) is 9.14. The van der Waals surface area contributed by atoms with Crippen molar-refractivity contribution in [1.82, 2.24) is 4.98 Å². The van der Waals surface area contributed by atoms with Crippen LogP contribution in [0.25, 0.3) is 0 Å². The first-order chi connectivity index (χ1) is 5.65. The summed E-state index contributed by atoms with van der Waals surface area (Å²) in [5.74, 6) is 0.297. The average molecular weight is 181 g/mol. The monoisotopic (exact) mass is 180 g/mol. The fourth-order valence-electron chi connectivity index (χ4n) is 0.934. The Labute approximate surface area is 76.8 Å². The maximum Gasteiger partial charge on any atom is 0.101 e. The van der Waals surface area contributed by atoms with Gasteiger partial charge >= 0.3 is 0 Å². The molecule has 12 heavy (non-hydrogen) atoms. The maximum absolute atomic E-state index is 8.54. The second kappa shape index (κ2) is 3.55. The van der Waals surface area contributed by atoms with Gasteiger partial charge in [0.1, 0.15) is 6.07 Å². The molecule has 3 heteroatoms. The first-order valence-electron chi connectivity index (χ1n) is 3.70. The third-order valence-electron chi connectivity index (χ3n) is 1.55. The van der Waals surface area contributed by atoms with Gasteiger partial charge in [0.05, 0.1) is 16.3 Å². The summed E-state index contributed by atoms with van der Waals surface area (Å²) in [4.78, 5) is 4.09. The van der Waals surface area contributed by atoms with Crippen molar-refractivity contribution >= 4 is 11.6 Å². The van der Waals surface area contributed by atoms with E-state index < -0.39 is 0 Å². The molecule has 0 saturated heterocycles. The van der Waals surface area contributed by atoms with Gasteiger partial charge in [-0.25, -0.2) is 0 Å². The molecule has 1 aromatic heterocycles. The first-order valence-corrected chi connectivity index (χ1v) is 4.08. The summed E-state index contributed by atoms with van der Waals surface area (Å²) < 4.78 is 0. The number of nitriles is 1. The predicted octanol–water partition coefficient (Wildman–Crippen LogP) is 2.73. The van der Waals surface area contributed by atoms with E-state index in [-0.39, 0.29) is 0 Å². The Morgan fingerprint density at radius 2 is 2.25 bits per heavy atom. The smallest absolute Gasteiger partial charge is 0.101 e. The van der Waals surface area contributed by atoms with E-state index in [1.54, 1.807) is 12.3 Å². The Bertz CT molecular complexity index is 326. The molecule has 0 atom stereocenters. The molecular formula is C9H9ClN2. The van der Waals surface area contributed by atoms with E-state index in [9.17, 15) is 0 Å². The molecule has 0 amide bonds. The topological polar surface area (TPSA) is 36.7 Å². The van der Waals surface area contributed by atoms with Gasteiger partial charge in [0.2, 0.25) is 0 Å². The molecule has 1 aromatic rings. The average Bonchev–Trinajstić information content (AvgIpc) is 2.03. The van der Waals surface area contributed by atoms with E-state index in [1.165, 1.54) is 0 Å². The van der Waals surface area contributed by atoms with Crippen molar-refractivity contribution in [3.8, 4) is 6.07 Å². The maximum atomic E-state index is 8.54. The summed E-state index contributed by atoms with van der Waals surface area (Å²) >= 11 is 5.89. The molecule has 0 aliphatic heterocycles. The van der Waals surface area contributed by atoms with Crippen molar-refractivity contribution in [1.29, 1.82) is 5.26 Å². The molecule has 1 heterocycles. The zero-order valence-corrected chi connectivity index (χ0v) is 7.76. The van der Waals surface area contributed by atoms with E-state index in [2.05, 4.69) is 4.98 Å². The van der Waals surface area contributed by atoms with Crippen LogP contribution >= 0.6 is 11.6 Å². The highest BCUT2D eigenvalue weighted by Crippen LogP contribution is 2.21. The quantitative estimate of drug-likeness (QED) is 0.667. The summed E-state index contributed by atoms with van der Waals surface area (Å²) in [6.45, 7) is 4.03. The van der Waals surface area contributed by atoms with Crippen LogP contribution in [0.1, 0.15) is 31.0 Å². The van der Waals surface area contributed by atoms with Crippen molar-refractivity contribution in [2.45, 2.75) is 19.8 Å². The molecule has 1 rings (SSSR count). The third kappa shape index (κ3) is 1.75. The molecular weight excluding hydrogens is 172 g/mol. The van der Waals surface area contributed by atoms with Gasteiger partial charge in [-0.15, -0.1) is 0 Å². The van der Waals surface area contributed by atoms with Crippen LogP contribution < -0.4 is 0 Å². The Hall–Kier alpha value is -1.07. The normalized spacial score (nSPS) is 9.92. The molecule has 0 aliphatic rings. The lowest BCUT2D eigenvalue weighted by molar-refractivity contribution is 0.822. The highest BCUT2D eigenvalue weighted by atomic mass is 35.5. The van der Waals surface area contributed by atoms with Crippen molar-refractivity contribution in [2.75, 3.05) is 0 Å². The number of nitrogens with zero attached hydrogens (tertiary/aromatic N) is 2. The van der Waals surface area contributed by atoms with Gasteiger partial charge in [0, 0.05) is 6.20 Å². The van der Waals surface area contributed by atoms with E-state index in [4.69, 9.17) is 16.9 Å². The molecule has 0 saturated carbocycles. The highest BCUT2D eigenvalue weighted by Gasteiger charge is 2.06. The molecule has 0 spiro atoms. The fraction of sp³-hybridized carbons (Fsp3) is 0.333. The number of hydrogen-bond donors (Lipinski definition) is 0. The molecule has 0 bridgehead atoms. The van der Waals surface area contributed by atoms with Gasteiger partial charge in [-0.2, -0.15) is 5.26 Å². The van der Waals surface area contributed by atoms with Crippen LogP contribution in [0.5, 0.6) is 0 Å². The molecule has 0 fully saturated rings. The van der Waals surface area contributed by atoms with Crippen LogP contribution in [0, 0.1) is 11.3 Å². The van der Waals surface area contributed by atoms with Crippen LogP contribution in [0.15, 0.2) is 12.3 Å². The summed E-state index contributed by atoms with van der Waals surface area (Å²) in [7, 11) is 0. The van der Waals surface area contributed by atoms with Crippen molar-refractivity contribution in [2.24, 2.45) is 0 Å². The van der Waals surface area contributed by atoms with E-state index in [0.29, 0.717) is 16.5 Å². The lowest BCUT2D eigenvalue weighted by Crippen LogP contribution is -1.94. The Balaban J connectivity index is 3.14. The number of aromatic nitrogens is 1. The van der Waals surface area contributed by atoms with E-state index >= 15 is 0 Å². The Kier molecular flexibility index (Phi) is 2.67. The second-order valence-corrected chi connectivity index (χ2v) is 3.26. The molecule has 0 radical (unpaired) electrons. The van der Waals surface area contributed by atoms with E-state index in [1.807, 2.05) is 19.9 Å². The first kappa shape index (κ1) is 9.02. The summed E-state index contributed by atoms with van der Waals surface area (Å²) in [5, 5.41) is 9.12. The van der Waals surface area contributed by atoms with Gasteiger partial charge in [-0.05, 0) is 12.0 Å². The van der Waals surface area contributed by atoms with Crippen LogP contribution in [0.3, 0.4) is 0 Å². The Morgan fingerprint density at radius 1 is 1.58 bits per heavy atom. The molecule has 0 unspecified atom stereocenters. The van der Waals surface area contributed by atoms with Crippen LogP contribution in [-0.4, -0.2) is 4.98 Å². The fourth-order valence-corrected chi connectivity index (χ4v) is 1.32. The second-order valence-electron chi connectivity index (χ2n) is 2.86. The van der Waals surface area contributed by atoms with Gasteiger partial charge in [-0.3, -0.25) is 4.98 Å². The molecule has 0 aliphatic carbocycles. The summed E-state index contributed by atoms with van der Waals surface area (Å²) in [5.41, 5.74) is 1.35. The number of hydrogen-bond acceptors (Lipinski definition) is 2. The van der Waals surface area contributed by atoms with E-state index in [0.717, 1.165) is 5.69 Å². The van der Waals surface area contributed by atoms with Gasteiger partial charge in [0.25, 0.3) is 0 Å². The molecule has 2 nitrogen and oxygen atoms in total. The molecule has 62 valence electrons. The van der Waals surface area contributed by atoms with Crippen molar-refractivity contribution < 1.29 is 0 Å². The third-order valence-corrected chi connectivity index (χ3v) is 1.85. The highest BCUT2D eigenvalue weighted by molar-refractivity contribution is 6.31. The van der Waals surface area contributed by atoms with Gasteiger partial charge in [-0.1, -0.05) is 25.4 Å². The minimum absolute atomic E-state index is 0.297. The lowest BCUT2D eigenvalue weighted by Gasteiger charge is -2.05. The largest absolute Gasteiger partial charge is 0.258 e. The zero-order valence-electron chi connectivity index (χ0n) is 7.00. The van der Waals surface area contributed by atoms with Crippen LogP contribution in [0.2, 0.25) is 5.02 Å². The van der Waals surface area contributed by atoms with Gasteiger partial charge in [0.15, 0.2) is 0 Å². The van der Waals surface area contributed by atoms with Crippen LogP contribution in [0.4, 0.5) is 0 Å². The standard InChI is InChI=1S/C9H9ClN2/c1-6(2)9-8(10)3-7(4-11)5-12-9/h3,5-6H,1-2H3. The minimum atomic E-state index is 0.297. The number of halogens is 1. The number of rotatable bonds is 1. The summed E-state index contributed by atoms with van der Waals surface area (Å²) in [6, 6.07) is 3.63. The summed E-state index contributed by atoms with van der Waals surface area (Å²) in [6.07, 6.45) is 1.54. The lowest BCUT2D eigenvalue weighted by atomic mass is 10.1. The predicted molar refractivity (Wildman–Crippen MR) is 48.1 cm³/mol. The Morgan fingerprint density at radius 3 is 2.67 bits per heavy atom. The molecule has 0 aromatic carbocycles. The van der Waals surface area contributed by atoms with Crippen molar-refractivity contribution in [3.05, 3.63) is 28.5 Å². The van der Waals surface area contributed by atoms with Crippen molar-refractivity contribution in [3.63, 3.8) is 0 Å². The number of pyridine rings is 1. The minimum Gasteiger partial charge on any atom is -0.258 e. The van der Waals surface area contributed by atoms with Crippen LogP contribution in [-0.2, 0) is 0 Å². The molecule has 0 N–H and O–H groups in total. The van der Waals surface area contributed by atoms with Gasteiger partial charge < -0.3 is 0 Å².